The lowest BCUT2D eigenvalue weighted by atomic mass is 9.90. The van der Waals surface area contributed by atoms with Crippen LogP contribution >= 0.6 is 0 Å². The van der Waals surface area contributed by atoms with E-state index in [0.717, 1.165) is 16.7 Å². The van der Waals surface area contributed by atoms with Gasteiger partial charge in [-0.2, -0.15) is 0 Å². The molecule has 3 heteroatoms. The third kappa shape index (κ3) is 3.98. The topological polar surface area (TPSA) is 43.4 Å². The van der Waals surface area contributed by atoms with Gasteiger partial charge in [-0.25, -0.2) is 4.79 Å². The highest BCUT2D eigenvalue weighted by atomic mass is 16.5. The van der Waals surface area contributed by atoms with Gasteiger partial charge in [-0.05, 0) is 29.7 Å². The summed E-state index contributed by atoms with van der Waals surface area (Å²) in [5.41, 5.74) is 4.64. The summed E-state index contributed by atoms with van der Waals surface area (Å²) in [4.78, 5) is 24.9. The summed E-state index contributed by atoms with van der Waals surface area (Å²) in [6, 6.07) is 23.2. The molecule has 3 nitrogen and oxygen atoms in total. The molecule has 0 aliphatic rings. The van der Waals surface area contributed by atoms with Crippen molar-refractivity contribution in [3.63, 3.8) is 0 Å². The first-order chi connectivity index (χ1) is 13.2. The molecule has 3 aromatic rings. The van der Waals surface area contributed by atoms with E-state index in [2.05, 4.69) is 0 Å². The molecule has 0 heterocycles. The second-order valence-corrected chi connectivity index (χ2v) is 6.17. The molecule has 0 aromatic heterocycles. The van der Waals surface area contributed by atoms with E-state index >= 15 is 0 Å². The first-order valence-electron chi connectivity index (χ1n) is 9.14. The minimum atomic E-state index is -0.412. The van der Waals surface area contributed by atoms with Crippen molar-refractivity contribution in [2.45, 2.75) is 20.3 Å². The SMILES string of the molecule is CCOC(=O)c1cccc(C(=O)CC)c1-c1ccc(-c2ccccc2)cc1. The fourth-order valence-corrected chi connectivity index (χ4v) is 3.13. The van der Waals surface area contributed by atoms with Crippen LogP contribution in [0.25, 0.3) is 22.3 Å². The number of hydrogen-bond acceptors (Lipinski definition) is 3. The molecule has 0 aliphatic heterocycles. The Morgan fingerprint density at radius 2 is 1.30 bits per heavy atom. The highest BCUT2D eigenvalue weighted by molar-refractivity contribution is 6.08. The van der Waals surface area contributed by atoms with Gasteiger partial charge in [0.25, 0.3) is 0 Å². The van der Waals surface area contributed by atoms with Crippen molar-refractivity contribution >= 4 is 11.8 Å². The third-order valence-electron chi connectivity index (χ3n) is 4.46. The number of esters is 1. The molecule has 3 rings (SSSR count). The van der Waals surface area contributed by atoms with Crippen LogP contribution < -0.4 is 0 Å². The van der Waals surface area contributed by atoms with Crippen LogP contribution in [0.5, 0.6) is 0 Å². The molecular formula is C24H22O3. The first kappa shape index (κ1) is 18.6. The van der Waals surface area contributed by atoms with E-state index < -0.39 is 5.97 Å². The van der Waals surface area contributed by atoms with E-state index in [0.29, 0.717) is 23.1 Å². The summed E-state index contributed by atoms with van der Waals surface area (Å²) in [6.45, 7) is 3.88. The van der Waals surface area contributed by atoms with Gasteiger partial charge >= 0.3 is 5.97 Å². The lowest BCUT2D eigenvalue weighted by molar-refractivity contribution is 0.0527. The molecule has 0 amide bonds. The molecule has 0 saturated carbocycles. The van der Waals surface area contributed by atoms with Crippen molar-refractivity contribution in [3.8, 4) is 22.3 Å². The smallest absolute Gasteiger partial charge is 0.338 e. The molecule has 0 atom stereocenters. The number of rotatable bonds is 6. The fourth-order valence-electron chi connectivity index (χ4n) is 3.13. The predicted molar refractivity (Wildman–Crippen MR) is 108 cm³/mol. The molecule has 3 aromatic carbocycles. The lowest BCUT2D eigenvalue weighted by Gasteiger charge is -2.14. The van der Waals surface area contributed by atoms with Crippen molar-refractivity contribution in [1.29, 1.82) is 0 Å². The van der Waals surface area contributed by atoms with E-state index in [1.165, 1.54) is 0 Å². The van der Waals surface area contributed by atoms with Crippen LogP contribution in [0.4, 0.5) is 0 Å². The molecule has 0 aliphatic carbocycles. The zero-order valence-corrected chi connectivity index (χ0v) is 15.6. The number of ether oxygens (including phenoxy) is 1. The maximum absolute atomic E-state index is 12.5. The molecule has 0 spiro atoms. The van der Waals surface area contributed by atoms with Gasteiger partial charge in [-0.15, -0.1) is 0 Å². The van der Waals surface area contributed by atoms with E-state index in [1.807, 2.05) is 61.5 Å². The Morgan fingerprint density at radius 3 is 1.93 bits per heavy atom. The molecule has 136 valence electrons. The molecule has 0 N–H and O–H groups in total. The van der Waals surface area contributed by atoms with Gasteiger partial charge in [0.15, 0.2) is 5.78 Å². The van der Waals surface area contributed by atoms with Gasteiger partial charge in [0.2, 0.25) is 0 Å². The average Bonchev–Trinajstić information content (AvgIpc) is 2.73. The Hall–Kier alpha value is -3.20. The molecule has 0 saturated heterocycles. The number of carbonyl (C=O) groups is 2. The van der Waals surface area contributed by atoms with Crippen LogP contribution in [0.2, 0.25) is 0 Å². The normalized spacial score (nSPS) is 10.4. The predicted octanol–water partition coefficient (Wildman–Crippen LogP) is 5.79. The Morgan fingerprint density at radius 1 is 0.704 bits per heavy atom. The number of hydrogen-bond donors (Lipinski definition) is 0. The van der Waals surface area contributed by atoms with Crippen molar-refractivity contribution in [1.82, 2.24) is 0 Å². The van der Waals surface area contributed by atoms with Gasteiger partial charge in [0.1, 0.15) is 0 Å². The number of ketones is 1. The first-order valence-corrected chi connectivity index (χ1v) is 9.14. The Balaban J connectivity index is 2.11. The van der Waals surface area contributed by atoms with Crippen molar-refractivity contribution < 1.29 is 14.3 Å². The summed E-state index contributed by atoms with van der Waals surface area (Å²) < 4.78 is 5.20. The van der Waals surface area contributed by atoms with Crippen LogP contribution in [0.3, 0.4) is 0 Å². The largest absolute Gasteiger partial charge is 0.462 e. The molecule has 27 heavy (non-hydrogen) atoms. The Kier molecular flexibility index (Phi) is 5.82. The van der Waals surface area contributed by atoms with Crippen LogP contribution in [0, 0.1) is 0 Å². The maximum atomic E-state index is 12.5. The van der Waals surface area contributed by atoms with Crippen LogP contribution in [-0.4, -0.2) is 18.4 Å². The number of benzene rings is 3. The second kappa shape index (κ2) is 8.45. The van der Waals surface area contributed by atoms with Gasteiger partial charge < -0.3 is 4.74 Å². The number of Topliss-reactive ketones (excluding diaryl/α,β-unsaturated/α-hetero) is 1. The van der Waals surface area contributed by atoms with Crippen LogP contribution in [-0.2, 0) is 4.74 Å². The molecular weight excluding hydrogens is 336 g/mol. The fraction of sp³-hybridized carbons (Fsp3) is 0.167. The molecule has 0 radical (unpaired) electrons. The van der Waals surface area contributed by atoms with Gasteiger partial charge in [-0.1, -0.05) is 73.7 Å². The van der Waals surface area contributed by atoms with Gasteiger partial charge in [0, 0.05) is 17.5 Å². The summed E-state index contributed by atoms with van der Waals surface area (Å²) in [5.74, 6) is -0.409. The summed E-state index contributed by atoms with van der Waals surface area (Å²) >= 11 is 0. The Labute approximate surface area is 159 Å². The van der Waals surface area contributed by atoms with E-state index in [9.17, 15) is 9.59 Å². The van der Waals surface area contributed by atoms with Gasteiger partial charge in [-0.3, -0.25) is 4.79 Å². The average molecular weight is 358 g/mol. The standard InChI is InChI=1S/C24H22O3/c1-3-22(25)20-11-8-12-21(24(26)27-4-2)23(20)19-15-13-18(14-16-19)17-9-6-5-7-10-17/h5-16H,3-4H2,1-2H3. The van der Waals surface area contributed by atoms with Crippen molar-refractivity contribution in [2.24, 2.45) is 0 Å². The van der Waals surface area contributed by atoms with Crippen LogP contribution in [0.1, 0.15) is 41.0 Å². The zero-order chi connectivity index (χ0) is 19.2. The highest BCUT2D eigenvalue weighted by Gasteiger charge is 2.20. The molecule has 0 unspecified atom stereocenters. The monoisotopic (exact) mass is 358 g/mol. The number of carbonyl (C=O) groups excluding carboxylic acids is 2. The van der Waals surface area contributed by atoms with Crippen molar-refractivity contribution in [3.05, 3.63) is 83.9 Å². The minimum Gasteiger partial charge on any atom is -0.462 e. The van der Waals surface area contributed by atoms with E-state index in [4.69, 9.17) is 4.74 Å². The van der Waals surface area contributed by atoms with Crippen LogP contribution in [0.15, 0.2) is 72.8 Å². The van der Waals surface area contributed by atoms with Crippen molar-refractivity contribution in [2.75, 3.05) is 6.61 Å². The highest BCUT2D eigenvalue weighted by Crippen LogP contribution is 2.31. The minimum absolute atomic E-state index is 0.00304. The maximum Gasteiger partial charge on any atom is 0.338 e. The van der Waals surface area contributed by atoms with E-state index in [-0.39, 0.29) is 12.4 Å². The van der Waals surface area contributed by atoms with Gasteiger partial charge in [0.05, 0.1) is 12.2 Å². The summed E-state index contributed by atoms with van der Waals surface area (Å²) in [7, 11) is 0. The second-order valence-electron chi connectivity index (χ2n) is 6.17. The molecule has 0 fully saturated rings. The summed E-state index contributed by atoms with van der Waals surface area (Å²) in [5, 5.41) is 0. The zero-order valence-electron chi connectivity index (χ0n) is 15.6. The summed E-state index contributed by atoms with van der Waals surface area (Å²) in [6.07, 6.45) is 0.376. The quantitative estimate of drug-likeness (QED) is 0.414. The molecule has 0 bridgehead atoms. The third-order valence-corrected chi connectivity index (χ3v) is 4.46. The Bertz CT molecular complexity index is 941. The van der Waals surface area contributed by atoms with E-state index in [1.54, 1.807) is 25.1 Å². The lowest BCUT2D eigenvalue weighted by Crippen LogP contribution is -2.10.